The van der Waals surface area contributed by atoms with Crippen LogP contribution in [0, 0.1) is 0 Å². The molecule has 0 rings (SSSR count). The molecule has 0 radical (unpaired) electrons. The van der Waals surface area contributed by atoms with Crippen molar-refractivity contribution in [3.8, 4) is 0 Å². The average molecular weight is 425 g/mol. The van der Waals surface area contributed by atoms with Gasteiger partial charge in [-0.15, -0.1) is 0 Å². The summed E-state index contributed by atoms with van der Waals surface area (Å²) in [6, 6.07) is 0. The molecule has 0 heterocycles. The van der Waals surface area contributed by atoms with Crippen molar-refractivity contribution in [2.45, 2.75) is 129 Å². The monoisotopic (exact) mass is 424 g/mol. The third-order valence-corrected chi connectivity index (χ3v) is 4.46. The molecular weight excluding hydrogens is 382 g/mol. The smallest absolute Gasteiger partial charge is 0.759 e. The Balaban J connectivity index is -0.000000333. The largest absolute Gasteiger partial charge is 1.00 e. The van der Waals surface area contributed by atoms with Crippen molar-refractivity contribution in [3.63, 3.8) is 0 Å². The fourth-order valence-electron chi connectivity index (χ4n) is 2.97. The first-order valence-corrected chi connectivity index (χ1v) is 11.9. The van der Waals surface area contributed by atoms with E-state index < -0.39 is 10.4 Å². The molecule has 0 aliphatic rings. The van der Waals surface area contributed by atoms with Crippen LogP contribution < -0.4 is 59.1 Å². The van der Waals surface area contributed by atoms with Crippen LogP contribution in [0.3, 0.4) is 0 Å². The van der Waals surface area contributed by atoms with Gasteiger partial charge in [0.15, 0.2) is 0 Å². The number of hydrogen-bond acceptors (Lipinski definition) is 4. The van der Waals surface area contributed by atoms with Gasteiger partial charge in [-0.25, -0.2) is 0 Å². The van der Waals surface area contributed by atoms with Crippen LogP contribution in [-0.2, 0) is 10.4 Å². The van der Waals surface area contributed by atoms with Crippen molar-refractivity contribution in [1.29, 1.82) is 0 Å². The average Bonchev–Trinajstić information content (AvgIpc) is 2.53. The van der Waals surface area contributed by atoms with Gasteiger partial charge in [0.05, 0.1) is 0 Å². The van der Waals surface area contributed by atoms with Gasteiger partial charge in [0.1, 0.15) is 0 Å². The maximum Gasteiger partial charge on any atom is 1.00 e. The molecule has 0 unspecified atom stereocenters. The molecule has 0 aromatic rings. The first kappa shape index (κ1) is 36.3. The van der Waals surface area contributed by atoms with E-state index in [1.54, 1.807) is 0 Å². The summed E-state index contributed by atoms with van der Waals surface area (Å²) in [7, 11) is -5.17. The van der Waals surface area contributed by atoms with E-state index in [1.807, 2.05) is 0 Å². The summed E-state index contributed by atoms with van der Waals surface area (Å²) >= 11 is 0. The zero-order valence-corrected chi connectivity index (χ0v) is 23.6. The Morgan fingerprint density at radius 2 is 0.556 bits per heavy atom. The second kappa shape index (κ2) is 30.1. The molecular formula is C20H42Na2O4S. The van der Waals surface area contributed by atoms with Crippen LogP contribution in [0.1, 0.15) is 129 Å². The molecule has 0 spiro atoms. The van der Waals surface area contributed by atoms with Crippen molar-refractivity contribution >= 4 is 10.4 Å². The zero-order valence-electron chi connectivity index (χ0n) is 18.8. The summed E-state index contributed by atoms with van der Waals surface area (Å²) in [4.78, 5) is 0. The van der Waals surface area contributed by atoms with Crippen LogP contribution in [-0.4, -0.2) is 17.5 Å². The quantitative estimate of drug-likeness (QED) is 0.149. The summed E-state index contributed by atoms with van der Waals surface area (Å²) < 4.78 is 34.1. The topological polar surface area (TPSA) is 80.3 Å². The van der Waals surface area contributed by atoms with Crippen LogP contribution in [0.15, 0.2) is 0 Å². The molecule has 0 bridgehead atoms. The van der Waals surface area contributed by atoms with Gasteiger partial charge in [0.25, 0.3) is 0 Å². The molecule has 0 atom stereocenters. The van der Waals surface area contributed by atoms with Crippen LogP contribution in [0.2, 0.25) is 0 Å². The van der Waals surface area contributed by atoms with Gasteiger partial charge in [0.2, 0.25) is 0 Å². The summed E-state index contributed by atoms with van der Waals surface area (Å²) in [6.45, 7) is 4.59. The first-order valence-electron chi connectivity index (χ1n) is 10.6. The van der Waals surface area contributed by atoms with Crippen molar-refractivity contribution in [2.24, 2.45) is 0 Å². The Hall–Kier alpha value is 1.87. The van der Waals surface area contributed by atoms with Gasteiger partial charge in [-0.3, -0.25) is 8.42 Å². The second-order valence-corrected chi connectivity index (χ2v) is 7.88. The van der Waals surface area contributed by atoms with E-state index in [-0.39, 0.29) is 59.1 Å². The van der Waals surface area contributed by atoms with Gasteiger partial charge >= 0.3 is 59.1 Å². The third kappa shape index (κ3) is 52.4. The first-order chi connectivity index (χ1) is 11.9. The Morgan fingerprint density at radius 3 is 0.667 bits per heavy atom. The Morgan fingerprint density at radius 1 is 0.444 bits per heavy atom. The maximum atomic E-state index is 8.52. The Bertz CT molecular complexity index is 313. The number of rotatable bonds is 17. The minimum absolute atomic E-state index is 0. The molecule has 0 saturated heterocycles. The fourth-order valence-corrected chi connectivity index (χ4v) is 2.97. The van der Waals surface area contributed by atoms with E-state index in [2.05, 4.69) is 13.8 Å². The molecule has 0 aromatic heterocycles. The van der Waals surface area contributed by atoms with E-state index in [4.69, 9.17) is 17.5 Å². The van der Waals surface area contributed by atoms with Gasteiger partial charge in [-0.1, -0.05) is 129 Å². The van der Waals surface area contributed by atoms with Crippen molar-refractivity contribution < 1.29 is 76.6 Å². The minimum Gasteiger partial charge on any atom is -0.759 e. The van der Waals surface area contributed by atoms with Gasteiger partial charge in [-0.05, 0) is 0 Å². The molecule has 0 saturated carbocycles. The molecule has 0 aliphatic carbocycles. The molecule has 0 N–H and O–H groups in total. The predicted octanol–water partition coefficient (Wildman–Crippen LogP) is 0.718. The molecule has 7 heteroatoms. The van der Waals surface area contributed by atoms with Crippen LogP contribution in [0.4, 0.5) is 0 Å². The number of unbranched alkanes of at least 4 members (excludes halogenated alkanes) is 17. The van der Waals surface area contributed by atoms with E-state index in [0.717, 1.165) is 0 Å². The summed E-state index contributed by atoms with van der Waals surface area (Å²) in [6.07, 6.45) is 26.4. The molecule has 0 fully saturated rings. The summed E-state index contributed by atoms with van der Waals surface area (Å²) in [5.74, 6) is 0. The summed E-state index contributed by atoms with van der Waals surface area (Å²) in [5, 5.41) is 0. The molecule has 0 amide bonds. The second-order valence-electron chi connectivity index (χ2n) is 7.07. The molecule has 4 nitrogen and oxygen atoms in total. The van der Waals surface area contributed by atoms with Gasteiger partial charge in [-0.2, -0.15) is 0 Å². The molecule has 0 aliphatic heterocycles. The van der Waals surface area contributed by atoms with Crippen molar-refractivity contribution in [1.82, 2.24) is 0 Å². The van der Waals surface area contributed by atoms with Gasteiger partial charge < -0.3 is 9.11 Å². The normalized spacial score (nSPS) is 10.4. The predicted molar refractivity (Wildman–Crippen MR) is 105 cm³/mol. The molecule has 154 valence electrons. The zero-order chi connectivity index (χ0) is 19.2. The maximum absolute atomic E-state index is 8.52. The summed E-state index contributed by atoms with van der Waals surface area (Å²) in [5.41, 5.74) is 0. The van der Waals surface area contributed by atoms with Crippen LogP contribution >= 0.6 is 0 Å². The van der Waals surface area contributed by atoms with Crippen molar-refractivity contribution in [3.05, 3.63) is 0 Å². The minimum atomic E-state index is -5.17. The van der Waals surface area contributed by atoms with E-state index in [9.17, 15) is 0 Å². The van der Waals surface area contributed by atoms with Gasteiger partial charge in [0, 0.05) is 10.4 Å². The van der Waals surface area contributed by atoms with Crippen LogP contribution in [0.5, 0.6) is 0 Å². The third-order valence-electron chi connectivity index (χ3n) is 4.46. The molecule has 27 heavy (non-hydrogen) atoms. The van der Waals surface area contributed by atoms with Crippen molar-refractivity contribution in [2.75, 3.05) is 0 Å². The van der Waals surface area contributed by atoms with E-state index in [1.165, 1.54) is 116 Å². The number of hydrogen-bond donors (Lipinski definition) is 0. The Kier molecular flexibility index (Phi) is 40.4. The standard InChI is InChI=1S/C20H42.2Na.H2O4S/c1-3-5-7-9-11-13-15-17-19-20-18-16-14-12-10-8-6-4-2;;;1-5(2,3)4/h3-20H2,1-2H3;;;(H2,1,2,3,4)/q;2*+1;/p-2. The van der Waals surface area contributed by atoms with E-state index in [0.29, 0.717) is 0 Å². The van der Waals surface area contributed by atoms with Crippen LogP contribution in [0.25, 0.3) is 0 Å². The SMILES string of the molecule is CCCCCCCCCCCCCCCCCCCC.O=S(=O)([O-])[O-].[Na+].[Na+]. The Labute approximate surface area is 214 Å². The van der Waals surface area contributed by atoms with E-state index >= 15 is 0 Å². The molecule has 0 aromatic carbocycles. The fraction of sp³-hybridized carbons (Fsp3) is 1.00.